The molecule has 1 fully saturated rings. The lowest BCUT2D eigenvalue weighted by Crippen LogP contribution is -2.34. The van der Waals surface area contributed by atoms with Gasteiger partial charge in [-0.05, 0) is 43.4 Å². The normalized spacial score (nSPS) is 31.5. The lowest BCUT2D eigenvalue weighted by Gasteiger charge is -2.38. The van der Waals surface area contributed by atoms with Gasteiger partial charge in [0.15, 0.2) is 0 Å². The van der Waals surface area contributed by atoms with Crippen LogP contribution in [0.4, 0.5) is 0 Å². The fraction of sp³-hybridized carbons (Fsp3) is 0.923. The average molecular weight is 244 g/mol. The number of rotatable bonds is 5. The van der Waals surface area contributed by atoms with Gasteiger partial charge in [0.1, 0.15) is 0 Å². The molecule has 4 atom stereocenters. The summed E-state index contributed by atoms with van der Waals surface area (Å²) in [5.74, 6) is 0.177. The molecule has 17 heavy (non-hydrogen) atoms. The fourth-order valence-corrected chi connectivity index (χ4v) is 3.08. The highest BCUT2D eigenvalue weighted by molar-refractivity contribution is 5.70. The number of carboxylic acids is 1. The minimum atomic E-state index is -0.726. The maximum absolute atomic E-state index is 11.0. The molecule has 0 aromatic heterocycles. The molecule has 0 saturated heterocycles. The monoisotopic (exact) mass is 244 g/mol. The summed E-state index contributed by atoms with van der Waals surface area (Å²) in [5.41, 5.74) is 0. The lowest BCUT2D eigenvalue weighted by atomic mass is 9.68. The van der Waals surface area contributed by atoms with Crippen LogP contribution in [-0.2, 0) is 4.79 Å². The highest BCUT2D eigenvalue weighted by Crippen LogP contribution is 2.40. The number of aliphatic carboxylic acids is 1. The number of aliphatic hydroxyl groups is 2. The van der Waals surface area contributed by atoms with Crippen molar-refractivity contribution in [2.45, 2.75) is 45.6 Å². The van der Waals surface area contributed by atoms with E-state index in [1.54, 1.807) is 0 Å². The Bertz CT molecular complexity index is 252. The number of carboxylic acid groups (broad SMARTS) is 1. The van der Waals surface area contributed by atoms with Crippen molar-refractivity contribution in [2.75, 3.05) is 6.61 Å². The second-order valence-corrected chi connectivity index (χ2v) is 5.59. The zero-order chi connectivity index (χ0) is 13.0. The van der Waals surface area contributed by atoms with Crippen molar-refractivity contribution in [1.29, 1.82) is 0 Å². The van der Waals surface area contributed by atoms with E-state index in [9.17, 15) is 9.90 Å². The van der Waals surface area contributed by atoms with Crippen LogP contribution in [0.25, 0.3) is 0 Å². The molecule has 4 nitrogen and oxygen atoms in total. The third kappa shape index (κ3) is 3.96. The van der Waals surface area contributed by atoms with E-state index in [1.807, 2.05) is 0 Å². The third-order valence-corrected chi connectivity index (χ3v) is 4.03. The van der Waals surface area contributed by atoms with Crippen LogP contribution in [0.5, 0.6) is 0 Å². The van der Waals surface area contributed by atoms with E-state index >= 15 is 0 Å². The van der Waals surface area contributed by atoms with E-state index in [0.717, 1.165) is 12.8 Å². The largest absolute Gasteiger partial charge is 0.481 e. The lowest BCUT2D eigenvalue weighted by molar-refractivity contribution is -0.144. The maximum atomic E-state index is 11.0. The first-order chi connectivity index (χ1) is 7.95. The summed E-state index contributed by atoms with van der Waals surface area (Å²) < 4.78 is 0. The Kier molecular flexibility index (Phi) is 5.40. The van der Waals surface area contributed by atoms with Crippen molar-refractivity contribution in [2.24, 2.45) is 23.7 Å². The molecular weight excluding hydrogens is 220 g/mol. The Morgan fingerprint density at radius 1 is 1.35 bits per heavy atom. The van der Waals surface area contributed by atoms with Gasteiger partial charge in [0.2, 0.25) is 0 Å². The van der Waals surface area contributed by atoms with Crippen LogP contribution in [0.2, 0.25) is 0 Å². The van der Waals surface area contributed by atoms with Gasteiger partial charge in [-0.15, -0.1) is 0 Å². The Morgan fingerprint density at radius 3 is 2.47 bits per heavy atom. The van der Waals surface area contributed by atoms with Gasteiger partial charge in [0.05, 0.1) is 18.6 Å². The van der Waals surface area contributed by atoms with Crippen LogP contribution >= 0.6 is 0 Å². The second-order valence-electron chi connectivity index (χ2n) is 5.59. The third-order valence-electron chi connectivity index (χ3n) is 4.03. The van der Waals surface area contributed by atoms with Crippen LogP contribution in [0.15, 0.2) is 0 Å². The summed E-state index contributed by atoms with van der Waals surface area (Å²) in [6.07, 6.45) is 2.09. The zero-order valence-corrected chi connectivity index (χ0v) is 10.7. The van der Waals surface area contributed by atoms with E-state index in [0.29, 0.717) is 24.7 Å². The molecule has 0 aromatic rings. The van der Waals surface area contributed by atoms with Gasteiger partial charge in [0, 0.05) is 0 Å². The zero-order valence-electron chi connectivity index (χ0n) is 10.7. The van der Waals surface area contributed by atoms with E-state index in [-0.39, 0.29) is 18.4 Å². The highest BCUT2D eigenvalue weighted by Gasteiger charge is 2.35. The first kappa shape index (κ1) is 14.5. The standard InChI is InChI=1S/C13H24O4/c1-8(2)12-4-3-9(13(16)17)5-10(12)6-11(15)7-14/h8-12,14-15H,3-7H2,1-2H3,(H,16,17). The van der Waals surface area contributed by atoms with Gasteiger partial charge >= 0.3 is 5.97 Å². The second kappa shape index (κ2) is 6.36. The quantitative estimate of drug-likeness (QED) is 0.685. The minimum absolute atomic E-state index is 0.215. The van der Waals surface area contributed by atoms with Crippen LogP contribution in [0.3, 0.4) is 0 Å². The summed E-state index contributed by atoms with van der Waals surface area (Å²) in [7, 11) is 0. The molecule has 4 heteroatoms. The molecule has 100 valence electrons. The van der Waals surface area contributed by atoms with Crippen LogP contribution < -0.4 is 0 Å². The topological polar surface area (TPSA) is 77.8 Å². The molecular formula is C13H24O4. The van der Waals surface area contributed by atoms with Crippen LogP contribution in [0.1, 0.15) is 39.5 Å². The molecule has 0 heterocycles. The van der Waals surface area contributed by atoms with Gasteiger partial charge in [-0.2, -0.15) is 0 Å². The molecule has 1 saturated carbocycles. The van der Waals surface area contributed by atoms with Gasteiger partial charge < -0.3 is 15.3 Å². The number of hydrogen-bond donors (Lipinski definition) is 3. The Balaban J connectivity index is 2.65. The molecule has 0 aliphatic heterocycles. The SMILES string of the molecule is CC(C)C1CCC(C(=O)O)CC1CC(O)CO. The Labute approximate surface area is 103 Å². The predicted octanol–water partition coefficient (Wildman–Crippen LogP) is 1.50. The molecule has 0 spiro atoms. The molecule has 0 bridgehead atoms. The van der Waals surface area contributed by atoms with E-state index in [2.05, 4.69) is 13.8 Å². The number of hydrogen-bond acceptors (Lipinski definition) is 3. The molecule has 1 rings (SSSR count). The van der Waals surface area contributed by atoms with Crippen molar-refractivity contribution in [3.63, 3.8) is 0 Å². The maximum Gasteiger partial charge on any atom is 0.306 e. The minimum Gasteiger partial charge on any atom is -0.481 e. The summed E-state index contributed by atoms with van der Waals surface area (Å²) in [6.45, 7) is 4.05. The van der Waals surface area contributed by atoms with Crippen LogP contribution in [-0.4, -0.2) is 34.0 Å². The molecule has 0 aromatic carbocycles. The van der Waals surface area contributed by atoms with Gasteiger partial charge in [-0.1, -0.05) is 13.8 Å². The first-order valence-corrected chi connectivity index (χ1v) is 6.47. The van der Waals surface area contributed by atoms with Crippen molar-refractivity contribution in [3.8, 4) is 0 Å². The number of carbonyl (C=O) groups is 1. The van der Waals surface area contributed by atoms with Crippen molar-refractivity contribution < 1.29 is 20.1 Å². The molecule has 1 aliphatic rings. The smallest absolute Gasteiger partial charge is 0.306 e. The summed E-state index contributed by atoms with van der Waals surface area (Å²) in [6, 6.07) is 0. The van der Waals surface area contributed by atoms with Gasteiger partial charge in [-0.3, -0.25) is 4.79 Å². The Hall–Kier alpha value is -0.610. The summed E-state index contributed by atoms with van der Waals surface area (Å²) in [5, 5.41) is 27.5. The molecule has 4 unspecified atom stereocenters. The van der Waals surface area contributed by atoms with Crippen molar-refractivity contribution >= 4 is 5.97 Å². The fourth-order valence-electron chi connectivity index (χ4n) is 3.08. The Morgan fingerprint density at radius 2 is 2.00 bits per heavy atom. The highest BCUT2D eigenvalue weighted by atomic mass is 16.4. The molecule has 0 radical (unpaired) electrons. The predicted molar refractivity (Wildman–Crippen MR) is 64.5 cm³/mol. The first-order valence-electron chi connectivity index (χ1n) is 6.47. The van der Waals surface area contributed by atoms with Crippen molar-refractivity contribution in [3.05, 3.63) is 0 Å². The number of aliphatic hydroxyl groups excluding tert-OH is 2. The van der Waals surface area contributed by atoms with Crippen LogP contribution in [0, 0.1) is 23.7 Å². The molecule has 3 N–H and O–H groups in total. The average Bonchev–Trinajstić information content (AvgIpc) is 2.28. The van der Waals surface area contributed by atoms with Gasteiger partial charge in [-0.25, -0.2) is 0 Å². The summed E-state index contributed by atoms with van der Waals surface area (Å²) >= 11 is 0. The van der Waals surface area contributed by atoms with Crippen molar-refractivity contribution in [1.82, 2.24) is 0 Å². The van der Waals surface area contributed by atoms with E-state index in [1.165, 1.54) is 0 Å². The molecule has 1 aliphatic carbocycles. The van der Waals surface area contributed by atoms with Gasteiger partial charge in [0.25, 0.3) is 0 Å². The molecule has 0 amide bonds. The van der Waals surface area contributed by atoms with E-state index in [4.69, 9.17) is 10.2 Å². The van der Waals surface area contributed by atoms with E-state index < -0.39 is 12.1 Å². The summed E-state index contributed by atoms with van der Waals surface area (Å²) in [4.78, 5) is 11.0.